The topological polar surface area (TPSA) is 47.4 Å². The average Bonchev–Trinajstić information content (AvgIpc) is 3.32. The number of anilines is 1. The van der Waals surface area contributed by atoms with Gasteiger partial charge in [-0.3, -0.25) is 4.79 Å². The molecule has 0 unspecified atom stereocenters. The Morgan fingerprint density at radius 1 is 1.45 bits per heavy atom. The van der Waals surface area contributed by atoms with Gasteiger partial charge in [0.05, 0.1) is 6.54 Å². The number of nitrogens with zero attached hydrogens (tertiary/aromatic N) is 3. The van der Waals surface area contributed by atoms with E-state index in [1.165, 1.54) is 12.1 Å². The summed E-state index contributed by atoms with van der Waals surface area (Å²) in [5.41, 5.74) is -0.0711. The first kappa shape index (κ1) is 14.6. The van der Waals surface area contributed by atoms with Crippen LogP contribution in [0, 0.1) is 5.82 Å². The highest BCUT2D eigenvalue weighted by molar-refractivity contribution is 5.34. The molecule has 116 valence electrons. The molecule has 0 aliphatic heterocycles. The lowest BCUT2D eigenvalue weighted by molar-refractivity contribution is 0.323. The van der Waals surface area contributed by atoms with Crippen molar-refractivity contribution in [2.75, 3.05) is 25.1 Å². The first-order valence-corrected chi connectivity index (χ1v) is 7.32. The summed E-state index contributed by atoms with van der Waals surface area (Å²) in [4.78, 5) is 18.3. The van der Waals surface area contributed by atoms with E-state index in [0.29, 0.717) is 30.8 Å². The smallest absolute Gasteiger partial charge is 0.293 e. The van der Waals surface area contributed by atoms with Crippen molar-refractivity contribution in [3.8, 4) is 5.75 Å². The number of likely N-dealkylation sites (N-methyl/N-ethyl adjacent to an activating group) is 1. The Balaban J connectivity index is 1.61. The fourth-order valence-corrected chi connectivity index (χ4v) is 2.28. The van der Waals surface area contributed by atoms with Gasteiger partial charge in [-0.25, -0.2) is 9.37 Å². The molecule has 2 aromatic rings. The van der Waals surface area contributed by atoms with Crippen molar-refractivity contribution in [2.24, 2.45) is 0 Å². The zero-order valence-corrected chi connectivity index (χ0v) is 12.4. The number of benzene rings is 1. The third kappa shape index (κ3) is 3.27. The summed E-state index contributed by atoms with van der Waals surface area (Å²) < 4.78 is 20.3. The lowest BCUT2D eigenvalue weighted by Crippen LogP contribution is -2.33. The fraction of sp³-hybridized carbons (Fsp3) is 0.375. The summed E-state index contributed by atoms with van der Waals surface area (Å²) in [6.07, 6.45) is 5.49. The van der Waals surface area contributed by atoms with Gasteiger partial charge in [0.25, 0.3) is 5.56 Å². The molecule has 1 aromatic carbocycles. The molecule has 1 saturated carbocycles. The van der Waals surface area contributed by atoms with Crippen molar-refractivity contribution < 1.29 is 9.13 Å². The summed E-state index contributed by atoms with van der Waals surface area (Å²) in [5.74, 6) is 0.560. The van der Waals surface area contributed by atoms with Crippen LogP contribution < -0.4 is 15.2 Å². The molecule has 5 nitrogen and oxygen atoms in total. The van der Waals surface area contributed by atoms with Crippen LogP contribution in [0.25, 0.3) is 0 Å². The van der Waals surface area contributed by atoms with Gasteiger partial charge < -0.3 is 14.2 Å². The molecule has 1 aromatic heterocycles. The maximum Gasteiger partial charge on any atom is 0.293 e. The van der Waals surface area contributed by atoms with Crippen LogP contribution in [-0.2, 0) is 0 Å². The Labute approximate surface area is 128 Å². The molecule has 0 spiro atoms. The summed E-state index contributed by atoms with van der Waals surface area (Å²) >= 11 is 0. The highest BCUT2D eigenvalue weighted by Crippen LogP contribution is 2.33. The predicted molar refractivity (Wildman–Crippen MR) is 81.9 cm³/mol. The van der Waals surface area contributed by atoms with Gasteiger partial charge in [0.1, 0.15) is 18.2 Å². The van der Waals surface area contributed by atoms with Crippen LogP contribution in [0.4, 0.5) is 10.2 Å². The van der Waals surface area contributed by atoms with Crippen LogP contribution in [0.3, 0.4) is 0 Å². The Hall–Kier alpha value is -2.37. The van der Waals surface area contributed by atoms with Crippen LogP contribution >= 0.6 is 0 Å². The minimum atomic E-state index is -0.331. The molecule has 0 bridgehead atoms. The molecule has 0 radical (unpaired) electrons. The van der Waals surface area contributed by atoms with Crippen LogP contribution in [0.15, 0.2) is 41.5 Å². The molecule has 1 aliphatic rings. The van der Waals surface area contributed by atoms with Crippen molar-refractivity contribution in [1.82, 2.24) is 9.55 Å². The second kappa shape index (κ2) is 6.17. The SMILES string of the molecule is CN(CCOc1cccc(F)c1)c1nccn(C2CC2)c1=O. The van der Waals surface area contributed by atoms with Gasteiger partial charge in [-0.1, -0.05) is 6.07 Å². The second-order valence-electron chi connectivity index (χ2n) is 5.42. The van der Waals surface area contributed by atoms with E-state index in [9.17, 15) is 9.18 Å². The number of hydrogen-bond donors (Lipinski definition) is 0. The average molecular weight is 303 g/mol. The van der Waals surface area contributed by atoms with E-state index in [1.54, 1.807) is 41.0 Å². The highest BCUT2D eigenvalue weighted by Gasteiger charge is 2.25. The van der Waals surface area contributed by atoms with E-state index < -0.39 is 0 Å². The fourth-order valence-electron chi connectivity index (χ4n) is 2.28. The molecule has 1 fully saturated rings. The zero-order chi connectivity index (χ0) is 15.5. The zero-order valence-electron chi connectivity index (χ0n) is 12.4. The summed E-state index contributed by atoms with van der Waals surface area (Å²) in [6.45, 7) is 0.840. The molecule has 0 atom stereocenters. The minimum absolute atomic E-state index is 0.0711. The number of ether oxygens (including phenoxy) is 1. The van der Waals surface area contributed by atoms with Gasteiger partial charge in [-0.05, 0) is 25.0 Å². The van der Waals surface area contributed by atoms with Gasteiger partial charge in [0.2, 0.25) is 0 Å². The van der Waals surface area contributed by atoms with Gasteiger partial charge in [-0.2, -0.15) is 0 Å². The van der Waals surface area contributed by atoms with Crippen molar-refractivity contribution >= 4 is 5.82 Å². The number of halogens is 1. The van der Waals surface area contributed by atoms with Crippen molar-refractivity contribution in [3.63, 3.8) is 0 Å². The van der Waals surface area contributed by atoms with E-state index >= 15 is 0 Å². The maximum atomic E-state index is 13.1. The van der Waals surface area contributed by atoms with E-state index in [4.69, 9.17) is 4.74 Å². The highest BCUT2D eigenvalue weighted by atomic mass is 19.1. The molecule has 1 aliphatic carbocycles. The summed E-state index contributed by atoms with van der Waals surface area (Å²) in [6, 6.07) is 6.32. The lowest BCUT2D eigenvalue weighted by Gasteiger charge is -2.18. The minimum Gasteiger partial charge on any atom is -0.492 e. The summed E-state index contributed by atoms with van der Waals surface area (Å²) in [5, 5.41) is 0. The molecule has 1 heterocycles. The quantitative estimate of drug-likeness (QED) is 0.821. The maximum absolute atomic E-state index is 13.1. The van der Waals surface area contributed by atoms with E-state index in [2.05, 4.69) is 4.98 Å². The largest absolute Gasteiger partial charge is 0.492 e. The third-order valence-corrected chi connectivity index (χ3v) is 3.64. The van der Waals surface area contributed by atoms with Crippen molar-refractivity contribution in [1.29, 1.82) is 0 Å². The first-order chi connectivity index (χ1) is 10.6. The molecular formula is C16H18FN3O2. The van der Waals surface area contributed by atoms with Crippen molar-refractivity contribution in [3.05, 3.63) is 52.8 Å². The van der Waals surface area contributed by atoms with E-state index in [0.717, 1.165) is 12.8 Å². The Morgan fingerprint density at radius 2 is 2.27 bits per heavy atom. The van der Waals surface area contributed by atoms with Crippen molar-refractivity contribution in [2.45, 2.75) is 18.9 Å². The van der Waals surface area contributed by atoms with Crippen LogP contribution in [0.5, 0.6) is 5.75 Å². The molecule has 0 saturated heterocycles. The van der Waals surface area contributed by atoms with Crippen LogP contribution in [0.2, 0.25) is 0 Å². The molecule has 22 heavy (non-hydrogen) atoms. The van der Waals surface area contributed by atoms with E-state index in [1.807, 2.05) is 0 Å². The predicted octanol–water partition coefficient (Wildman–Crippen LogP) is 2.23. The van der Waals surface area contributed by atoms with E-state index in [-0.39, 0.29) is 11.4 Å². The third-order valence-electron chi connectivity index (χ3n) is 3.64. The molecule has 0 amide bonds. The molecular weight excluding hydrogens is 285 g/mol. The Bertz CT molecular complexity index is 713. The Kier molecular flexibility index (Phi) is 4.09. The molecule has 6 heteroatoms. The monoisotopic (exact) mass is 303 g/mol. The van der Waals surface area contributed by atoms with Gasteiger partial charge in [0.15, 0.2) is 5.82 Å². The number of aromatic nitrogens is 2. The van der Waals surface area contributed by atoms with Gasteiger partial charge in [-0.15, -0.1) is 0 Å². The second-order valence-corrected chi connectivity index (χ2v) is 5.42. The van der Waals surface area contributed by atoms with Crippen LogP contribution in [0.1, 0.15) is 18.9 Å². The van der Waals surface area contributed by atoms with Crippen LogP contribution in [-0.4, -0.2) is 29.8 Å². The normalized spacial score (nSPS) is 13.9. The first-order valence-electron chi connectivity index (χ1n) is 7.32. The van der Waals surface area contributed by atoms with Gasteiger partial charge in [0, 0.05) is 31.5 Å². The standard InChI is InChI=1S/C16H18FN3O2/c1-19(9-10-22-14-4-2-3-12(17)11-14)15-16(21)20(8-7-18-15)13-5-6-13/h2-4,7-8,11,13H,5-6,9-10H2,1H3. The molecule has 0 N–H and O–H groups in total. The van der Waals surface area contributed by atoms with Gasteiger partial charge >= 0.3 is 0 Å². The number of hydrogen-bond acceptors (Lipinski definition) is 4. The molecule has 3 rings (SSSR count). The number of rotatable bonds is 6. The summed E-state index contributed by atoms with van der Waals surface area (Å²) in [7, 11) is 1.80. The Morgan fingerprint density at radius 3 is 3.00 bits per heavy atom. The lowest BCUT2D eigenvalue weighted by atomic mass is 10.3.